The molecule has 0 atom stereocenters. The van der Waals surface area contributed by atoms with Gasteiger partial charge in [0.05, 0.1) is 7.11 Å². The molecule has 1 aromatic heterocycles. The van der Waals surface area contributed by atoms with Crippen LogP contribution in [-0.4, -0.2) is 33.8 Å². The number of anilines is 1. The van der Waals surface area contributed by atoms with Gasteiger partial charge in [-0.1, -0.05) is 76.7 Å². The van der Waals surface area contributed by atoms with Gasteiger partial charge < -0.3 is 10.5 Å². The monoisotopic (exact) mass is 517 g/mol. The largest absolute Gasteiger partial charge is 0.465 e. The number of carbonyl (C=O) groups is 3. The number of nitrogens with zero attached hydrogens (tertiary/aromatic N) is 2. The first-order valence-corrected chi connectivity index (χ1v) is 10.1. The Morgan fingerprint density at radius 2 is 1.75 bits per heavy atom. The highest BCUT2D eigenvalue weighted by Crippen LogP contribution is 2.39. The topological polar surface area (TPSA) is 103 Å². The first-order valence-electron chi connectivity index (χ1n) is 8.64. The molecule has 1 heterocycles. The van der Waals surface area contributed by atoms with Gasteiger partial charge in [-0.05, 0) is 11.5 Å². The highest BCUT2D eigenvalue weighted by molar-refractivity contribution is 6.77. The summed E-state index contributed by atoms with van der Waals surface area (Å²) >= 11 is 23.1. The molecule has 7 nitrogen and oxygen atoms in total. The van der Waals surface area contributed by atoms with Crippen LogP contribution < -0.4 is 10.6 Å². The summed E-state index contributed by atoms with van der Waals surface area (Å²) in [6.07, 6.45) is 0.914. The second-order valence-corrected chi connectivity index (χ2v) is 8.98. The predicted molar refractivity (Wildman–Crippen MR) is 121 cm³/mol. The Morgan fingerprint density at radius 3 is 2.31 bits per heavy atom. The van der Waals surface area contributed by atoms with Crippen molar-refractivity contribution in [3.63, 3.8) is 0 Å². The molecule has 0 fully saturated rings. The molecule has 0 unspecified atom stereocenters. The number of imide groups is 1. The molecule has 2 aromatic carbocycles. The number of fused-ring (bicyclic) bond motifs is 1. The van der Waals surface area contributed by atoms with Crippen LogP contribution in [-0.2, 0) is 9.53 Å². The maximum Gasteiger partial charge on any atom is 0.341 e. The summed E-state index contributed by atoms with van der Waals surface area (Å²) in [5, 5.41) is 1.40. The van der Waals surface area contributed by atoms with Crippen molar-refractivity contribution < 1.29 is 23.5 Å². The van der Waals surface area contributed by atoms with Crippen molar-refractivity contribution in [2.24, 2.45) is 5.73 Å². The van der Waals surface area contributed by atoms with E-state index in [1.54, 1.807) is 30.3 Å². The minimum atomic E-state index is -2.69. The lowest BCUT2D eigenvalue weighted by Gasteiger charge is -2.25. The Labute approximate surface area is 200 Å². The predicted octanol–water partition coefficient (Wildman–Crippen LogP) is 5.26. The van der Waals surface area contributed by atoms with Crippen LogP contribution in [0.25, 0.3) is 22.0 Å². The van der Waals surface area contributed by atoms with E-state index in [4.69, 9.17) is 52.1 Å². The standard InChI is InChI=1S/C20H12Cl4FN3O4/c1-32-17(29)11-8-27-15(10-6-2-4-9-5-3-7-12(21)13(9)10)14(25)16(11)28(19(26)31)18(30)20(22,23)24/h2-8H,1H3,(H2,26,31). The third-order valence-corrected chi connectivity index (χ3v) is 5.20. The summed E-state index contributed by atoms with van der Waals surface area (Å²) in [4.78, 5) is 41.0. The summed E-state index contributed by atoms with van der Waals surface area (Å²) in [6, 6.07) is 8.44. The molecule has 0 aliphatic heterocycles. The third-order valence-electron chi connectivity index (χ3n) is 4.40. The quantitative estimate of drug-likeness (QED) is 0.376. The summed E-state index contributed by atoms with van der Waals surface area (Å²) in [5.74, 6) is -3.88. The molecule has 0 saturated heterocycles. The lowest BCUT2D eigenvalue weighted by Crippen LogP contribution is -2.47. The zero-order valence-corrected chi connectivity index (χ0v) is 19.1. The third kappa shape index (κ3) is 4.31. The summed E-state index contributed by atoms with van der Waals surface area (Å²) in [5.41, 5.74) is 3.68. The van der Waals surface area contributed by atoms with E-state index in [9.17, 15) is 14.4 Å². The van der Waals surface area contributed by atoms with E-state index in [0.29, 0.717) is 15.8 Å². The summed E-state index contributed by atoms with van der Waals surface area (Å²) in [7, 11) is 1.01. The number of pyridine rings is 1. The fraction of sp³-hybridized carbons (Fsp3) is 0.100. The van der Waals surface area contributed by atoms with Crippen LogP contribution in [0, 0.1) is 5.82 Å². The van der Waals surface area contributed by atoms with Gasteiger partial charge in [-0.25, -0.2) is 18.9 Å². The van der Waals surface area contributed by atoms with Gasteiger partial charge in [0.1, 0.15) is 16.9 Å². The molecule has 166 valence electrons. The van der Waals surface area contributed by atoms with Crippen LogP contribution >= 0.6 is 46.4 Å². The molecule has 0 saturated carbocycles. The van der Waals surface area contributed by atoms with E-state index in [0.717, 1.165) is 13.3 Å². The van der Waals surface area contributed by atoms with Gasteiger partial charge in [-0.3, -0.25) is 9.78 Å². The molecular weight excluding hydrogens is 507 g/mol. The van der Waals surface area contributed by atoms with Gasteiger partial charge in [-0.2, -0.15) is 0 Å². The van der Waals surface area contributed by atoms with Crippen molar-refractivity contribution >= 4 is 80.8 Å². The molecule has 12 heteroatoms. The number of primary amides is 1. The van der Waals surface area contributed by atoms with Crippen LogP contribution in [0.3, 0.4) is 0 Å². The van der Waals surface area contributed by atoms with Gasteiger partial charge in [0.2, 0.25) is 0 Å². The average molecular weight is 519 g/mol. The summed E-state index contributed by atoms with van der Waals surface area (Å²) in [6.45, 7) is 0. The van der Waals surface area contributed by atoms with E-state index < -0.39 is 38.8 Å². The summed E-state index contributed by atoms with van der Waals surface area (Å²) < 4.78 is 17.8. The van der Waals surface area contributed by atoms with Crippen LogP contribution in [0.5, 0.6) is 0 Å². The number of halogens is 5. The number of aromatic nitrogens is 1. The molecule has 3 aromatic rings. The first-order chi connectivity index (χ1) is 15.0. The number of hydrogen-bond donors (Lipinski definition) is 1. The van der Waals surface area contributed by atoms with Gasteiger partial charge in [0, 0.05) is 22.2 Å². The second-order valence-electron chi connectivity index (χ2n) is 6.29. The van der Waals surface area contributed by atoms with Crippen LogP contribution in [0.2, 0.25) is 5.02 Å². The van der Waals surface area contributed by atoms with Crippen molar-refractivity contribution in [1.29, 1.82) is 0 Å². The number of nitrogens with two attached hydrogens (primary N) is 1. The van der Waals surface area contributed by atoms with E-state index in [1.165, 1.54) is 6.07 Å². The number of hydrogen-bond acceptors (Lipinski definition) is 5. The van der Waals surface area contributed by atoms with E-state index in [1.807, 2.05) is 0 Å². The molecule has 32 heavy (non-hydrogen) atoms. The number of amides is 3. The minimum absolute atomic E-state index is 0.0481. The number of rotatable bonds is 3. The number of urea groups is 1. The maximum absolute atomic E-state index is 15.9. The average Bonchev–Trinajstić information content (AvgIpc) is 2.73. The van der Waals surface area contributed by atoms with Crippen molar-refractivity contribution in [1.82, 2.24) is 4.98 Å². The van der Waals surface area contributed by atoms with Gasteiger partial charge in [-0.15, -0.1) is 0 Å². The van der Waals surface area contributed by atoms with E-state index in [2.05, 4.69) is 9.72 Å². The van der Waals surface area contributed by atoms with Crippen LogP contribution in [0.15, 0.2) is 42.6 Å². The fourth-order valence-corrected chi connectivity index (χ4v) is 3.61. The van der Waals surface area contributed by atoms with Crippen LogP contribution in [0.4, 0.5) is 14.9 Å². The van der Waals surface area contributed by atoms with Crippen molar-refractivity contribution in [3.05, 3.63) is 59.0 Å². The molecule has 0 aliphatic carbocycles. The number of alkyl halides is 3. The Kier molecular flexibility index (Phi) is 6.80. The minimum Gasteiger partial charge on any atom is -0.465 e. The molecule has 3 rings (SSSR count). The molecule has 0 spiro atoms. The van der Waals surface area contributed by atoms with Crippen LogP contribution in [0.1, 0.15) is 10.4 Å². The Morgan fingerprint density at radius 1 is 1.12 bits per heavy atom. The molecule has 2 N–H and O–H groups in total. The molecule has 3 amide bonds. The lowest BCUT2D eigenvalue weighted by atomic mass is 10.00. The first kappa shape index (κ1) is 24.0. The second kappa shape index (κ2) is 9.07. The van der Waals surface area contributed by atoms with Crippen molar-refractivity contribution in [2.75, 3.05) is 12.0 Å². The van der Waals surface area contributed by atoms with E-state index >= 15 is 4.39 Å². The smallest absolute Gasteiger partial charge is 0.341 e. The van der Waals surface area contributed by atoms with Crippen molar-refractivity contribution in [3.8, 4) is 11.3 Å². The van der Waals surface area contributed by atoms with Gasteiger partial charge >= 0.3 is 12.0 Å². The number of ether oxygens (including phenoxy) is 1. The number of benzene rings is 2. The Hall–Kier alpha value is -2.65. The highest BCUT2D eigenvalue weighted by Gasteiger charge is 2.42. The normalized spacial score (nSPS) is 11.3. The number of methoxy groups -OCH3 is 1. The van der Waals surface area contributed by atoms with Gasteiger partial charge in [0.15, 0.2) is 5.82 Å². The Bertz CT molecular complexity index is 1260. The Balaban J connectivity index is 2.41. The molecule has 0 bridgehead atoms. The van der Waals surface area contributed by atoms with Crippen molar-refractivity contribution in [2.45, 2.75) is 3.79 Å². The van der Waals surface area contributed by atoms with Gasteiger partial charge in [0.25, 0.3) is 9.70 Å². The maximum atomic E-state index is 15.9. The molecule has 0 aliphatic rings. The van der Waals surface area contributed by atoms with E-state index in [-0.39, 0.29) is 16.2 Å². The zero-order chi connectivity index (χ0) is 23.8. The fourth-order valence-electron chi connectivity index (χ4n) is 3.07. The highest BCUT2D eigenvalue weighted by atomic mass is 35.6. The number of esters is 1. The zero-order valence-electron chi connectivity index (χ0n) is 16.0. The SMILES string of the molecule is COC(=O)c1cnc(-c2cccc3cccc(Cl)c23)c(F)c1N(C(N)=O)C(=O)C(Cl)(Cl)Cl. The number of carbonyl (C=O) groups excluding carboxylic acids is 3. The molecular formula is C20H12Cl4FN3O4. The molecule has 0 radical (unpaired) electrons. The lowest BCUT2D eigenvalue weighted by molar-refractivity contribution is -0.117.